The number of rotatable bonds is 2. The van der Waals surface area contributed by atoms with E-state index in [2.05, 4.69) is 24.8 Å². The smallest absolute Gasteiger partial charge is 0.125 e. The van der Waals surface area contributed by atoms with Crippen molar-refractivity contribution >= 4 is 28.1 Å². The lowest BCUT2D eigenvalue weighted by atomic mass is 9.95. The first-order valence-electron chi connectivity index (χ1n) is 6.70. The molecule has 2 aromatic rings. The molecule has 1 N–H and O–H groups in total. The molecule has 0 fully saturated rings. The number of fused-ring (bicyclic) bond motifs is 3. The topological polar surface area (TPSA) is 23.5 Å². The first-order chi connectivity index (χ1) is 9.13. The third-order valence-electron chi connectivity index (χ3n) is 3.99. The lowest BCUT2D eigenvalue weighted by Crippen LogP contribution is -2.29. The molecule has 2 nitrogen and oxygen atoms in total. The predicted octanol–water partition coefficient (Wildman–Crippen LogP) is 4.10. The molecule has 0 aliphatic carbocycles. The summed E-state index contributed by atoms with van der Waals surface area (Å²) in [5.41, 5.74) is 2.42. The van der Waals surface area contributed by atoms with Crippen LogP contribution in [0.15, 0.2) is 30.3 Å². The third-order valence-corrected chi connectivity index (χ3v) is 4.36. The Morgan fingerprint density at radius 3 is 2.63 bits per heavy atom. The van der Waals surface area contributed by atoms with E-state index in [1.54, 1.807) is 0 Å². The van der Waals surface area contributed by atoms with E-state index in [9.17, 15) is 5.11 Å². The van der Waals surface area contributed by atoms with Gasteiger partial charge in [-0.3, -0.25) is 0 Å². The van der Waals surface area contributed by atoms with Crippen molar-refractivity contribution in [3.8, 4) is 5.75 Å². The number of hydrogen-bond donors (Lipinski definition) is 1. The molecule has 3 rings (SSSR count). The highest BCUT2D eigenvalue weighted by molar-refractivity contribution is 6.18. The largest absolute Gasteiger partial charge is 0.507 e. The van der Waals surface area contributed by atoms with Crippen molar-refractivity contribution in [2.24, 2.45) is 0 Å². The SMILES string of the molecule is CC(C)N1C[C@@H](CCl)c2c1cc(O)c1ccccc21. The van der Waals surface area contributed by atoms with Crippen LogP contribution in [0.2, 0.25) is 0 Å². The van der Waals surface area contributed by atoms with Gasteiger partial charge in [-0.2, -0.15) is 0 Å². The minimum Gasteiger partial charge on any atom is -0.507 e. The highest BCUT2D eigenvalue weighted by atomic mass is 35.5. The average Bonchev–Trinajstić information content (AvgIpc) is 2.78. The molecule has 0 bridgehead atoms. The molecule has 1 aliphatic rings. The fourth-order valence-corrected chi connectivity index (χ4v) is 3.32. The Morgan fingerprint density at radius 1 is 1.32 bits per heavy atom. The van der Waals surface area contributed by atoms with E-state index in [1.165, 1.54) is 5.56 Å². The molecule has 0 radical (unpaired) electrons. The molecular formula is C16H18ClNO. The van der Waals surface area contributed by atoms with Crippen LogP contribution in [0, 0.1) is 0 Å². The number of aromatic hydroxyl groups is 1. The van der Waals surface area contributed by atoms with Gasteiger partial charge in [0.15, 0.2) is 0 Å². The van der Waals surface area contributed by atoms with Gasteiger partial charge in [0, 0.05) is 41.5 Å². The number of phenols is 1. The van der Waals surface area contributed by atoms with Crippen LogP contribution in [-0.2, 0) is 0 Å². The quantitative estimate of drug-likeness (QED) is 0.834. The standard InChI is InChI=1S/C16H18ClNO/c1-10(2)18-9-11(8-17)16-13-6-4-3-5-12(13)15(19)7-14(16)18/h3-7,10-11,19H,8-9H2,1-2H3/t11-/m1/s1. The minimum atomic E-state index is 0.338. The van der Waals surface area contributed by atoms with E-state index in [1.807, 2.05) is 24.3 Å². The van der Waals surface area contributed by atoms with Crippen molar-refractivity contribution in [1.82, 2.24) is 0 Å². The molecule has 1 heterocycles. The number of anilines is 1. The summed E-state index contributed by atoms with van der Waals surface area (Å²) in [6, 6.07) is 10.3. The van der Waals surface area contributed by atoms with Gasteiger partial charge in [-0.1, -0.05) is 24.3 Å². The van der Waals surface area contributed by atoms with Crippen LogP contribution in [-0.4, -0.2) is 23.6 Å². The Hall–Kier alpha value is -1.41. The van der Waals surface area contributed by atoms with E-state index in [-0.39, 0.29) is 0 Å². The van der Waals surface area contributed by atoms with E-state index in [4.69, 9.17) is 11.6 Å². The van der Waals surface area contributed by atoms with Gasteiger partial charge >= 0.3 is 0 Å². The summed E-state index contributed by atoms with van der Waals surface area (Å²) in [5, 5.41) is 12.3. The summed E-state index contributed by atoms with van der Waals surface area (Å²) >= 11 is 6.16. The third kappa shape index (κ3) is 1.86. The second-order valence-corrected chi connectivity index (χ2v) is 5.78. The van der Waals surface area contributed by atoms with Crippen LogP contribution < -0.4 is 4.90 Å². The number of hydrogen-bond acceptors (Lipinski definition) is 2. The molecule has 0 aromatic heterocycles. The van der Waals surface area contributed by atoms with Crippen molar-refractivity contribution < 1.29 is 5.11 Å². The van der Waals surface area contributed by atoms with Crippen LogP contribution in [0.4, 0.5) is 5.69 Å². The summed E-state index contributed by atoms with van der Waals surface area (Å²) in [6.07, 6.45) is 0. The van der Waals surface area contributed by atoms with Gasteiger partial charge in [-0.25, -0.2) is 0 Å². The van der Waals surface area contributed by atoms with E-state index < -0.39 is 0 Å². The number of halogens is 1. The molecular weight excluding hydrogens is 258 g/mol. The van der Waals surface area contributed by atoms with Gasteiger partial charge in [0.05, 0.1) is 0 Å². The maximum absolute atomic E-state index is 10.2. The summed E-state index contributed by atoms with van der Waals surface area (Å²) in [7, 11) is 0. The Kier molecular flexibility index (Phi) is 3.06. The normalized spacial score (nSPS) is 18.3. The van der Waals surface area contributed by atoms with E-state index in [0.717, 1.165) is 23.0 Å². The average molecular weight is 276 g/mol. The first kappa shape index (κ1) is 12.6. The van der Waals surface area contributed by atoms with Crippen molar-refractivity contribution in [3.63, 3.8) is 0 Å². The Morgan fingerprint density at radius 2 is 2.00 bits per heavy atom. The molecule has 0 unspecified atom stereocenters. The second kappa shape index (κ2) is 4.61. The molecule has 1 aliphatic heterocycles. The molecule has 2 aromatic carbocycles. The van der Waals surface area contributed by atoms with Crippen molar-refractivity contribution in [2.45, 2.75) is 25.8 Å². The van der Waals surface area contributed by atoms with Crippen molar-refractivity contribution in [3.05, 3.63) is 35.9 Å². The van der Waals surface area contributed by atoms with Crippen LogP contribution in [0.1, 0.15) is 25.3 Å². The number of phenolic OH excluding ortho intramolecular Hbond substituents is 1. The molecule has 19 heavy (non-hydrogen) atoms. The zero-order valence-corrected chi connectivity index (χ0v) is 12.0. The van der Waals surface area contributed by atoms with Crippen LogP contribution in [0.5, 0.6) is 5.75 Å². The van der Waals surface area contributed by atoms with Gasteiger partial charge < -0.3 is 10.0 Å². The lowest BCUT2D eigenvalue weighted by molar-refractivity contribution is 0.481. The van der Waals surface area contributed by atoms with E-state index >= 15 is 0 Å². The number of nitrogens with zero attached hydrogens (tertiary/aromatic N) is 1. The molecule has 0 spiro atoms. The highest BCUT2D eigenvalue weighted by Gasteiger charge is 2.31. The first-order valence-corrected chi connectivity index (χ1v) is 7.24. The summed E-state index contributed by atoms with van der Waals surface area (Å²) in [4.78, 5) is 2.33. The fourth-order valence-electron chi connectivity index (χ4n) is 3.07. The summed E-state index contributed by atoms with van der Waals surface area (Å²) in [5.74, 6) is 1.31. The van der Waals surface area contributed by atoms with Crippen molar-refractivity contribution in [2.75, 3.05) is 17.3 Å². The zero-order chi connectivity index (χ0) is 13.6. The van der Waals surface area contributed by atoms with Crippen LogP contribution >= 0.6 is 11.6 Å². The monoisotopic (exact) mass is 275 g/mol. The Labute approximate surface area is 118 Å². The summed E-state index contributed by atoms with van der Waals surface area (Å²) in [6.45, 7) is 5.28. The minimum absolute atomic E-state index is 0.338. The number of benzene rings is 2. The fraction of sp³-hybridized carbons (Fsp3) is 0.375. The van der Waals surface area contributed by atoms with Gasteiger partial charge in [0.25, 0.3) is 0 Å². The summed E-state index contributed by atoms with van der Waals surface area (Å²) < 4.78 is 0. The Bertz CT molecular complexity index is 623. The predicted molar refractivity (Wildman–Crippen MR) is 81.6 cm³/mol. The van der Waals surface area contributed by atoms with E-state index in [0.29, 0.717) is 23.6 Å². The lowest BCUT2D eigenvalue weighted by Gasteiger charge is -2.24. The van der Waals surface area contributed by atoms with Crippen molar-refractivity contribution in [1.29, 1.82) is 0 Å². The number of alkyl halides is 1. The Balaban J connectivity index is 2.31. The molecule has 3 heteroatoms. The molecule has 0 saturated heterocycles. The molecule has 1 atom stereocenters. The van der Waals surface area contributed by atoms with Crippen LogP contribution in [0.25, 0.3) is 10.8 Å². The molecule has 100 valence electrons. The highest BCUT2D eigenvalue weighted by Crippen LogP contribution is 2.45. The molecule has 0 amide bonds. The maximum Gasteiger partial charge on any atom is 0.125 e. The van der Waals surface area contributed by atoms with Gasteiger partial charge in [-0.15, -0.1) is 11.6 Å². The maximum atomic E-state index is 10.2. The van der Waals surface area contributed by atoms with Gasteiger partial charge in [0.2, 0.25) is 0 Å². The second-order valence-electron chi connectivity index (χ2n) is 5.47. The zero-order valence-electron chi connectivity index (χ0n) is 11.2. The van der Waals surface area contributed by atoms with Gasteiger partial charge in [0.1, 0.15) is 5.75 Å². The molecule has 0 saturated carbocycles. The van der Waals surface area contributed by atoms with Crippen LogP contribution in [0.3, 0.4) is 0 Å². The van der Waals surface area contributed by atoms with Gasteiger partial charge in [-0.05, 0) is 24.8 Å².